The van der Waals surface area contributed by atoms with Crippen molar-refractivity contribution in [3.63, 3.8) is 0 Å². The molecule has 4 aromatic rings. The molecule has 12 nitrogen and oxygen atoms in total. The number of nitriles is 2. The van der Waals surface area contributed by atoms with Gasteiger partial charge in [0, 0.05) is 63.1 Å². The van der Waals surface area contributed by atoms with Crippen molar-refractivity contribution in [3.05, 3.63) is 134 Å². The van der Waals surface area contributed by atoms with E-state index in [2.05, 4.69) is 49.3 Å². The highest BCUT2D eigenvalue weighted by molar-refractivity contribution is 6.23. The summed E-state index contributed by atoms with van der Waals surface area (Å²) in [5, 5.41) is 20.1. The van der Waals surface area contributed by atoms with E-state index in [4.69, 9.17) is 26.3 Å². The molecule has 0 unspecified atom stereocenters. The summed E-state index contributed by atoms with van der Waals surface area (Å²) in [4.78, 5) is 40.1. The summed E-state index contributed by atoms with van der Waals surface area (Å²) < 4.78 is 0. The van der Waals surface area contributed by atoms with Gasteiger partial charge in [-0.1, -0.05) is 0 Å². The van der Waals surface area contributed by atoms with Crippen LogP contribution < -0.4 is 0 Å². The Morgan fingerprint density at radius 1 is 0.524 bits per heavy atom. The van der Waals surface area contributed by atoms with Gasteiger partial charge in [-0.25, -0.2) is 50.1 Å². The normalized spacial score (nSPS) is 14.6. The van der Waals surface area contributed by atoms with E-state index in [1.807, 2.05) is 12.1 Å². The molecule has 42 heavy (non-hydrogen) atoms. The SMILES string of the molecule is [C-]#[N+]C([N+]#[C-])=C1c2cncnc2-c2c1c1c(c3c2/C(=C(/C#N)[N+]#[C-])c2ncncc2-3)/C(=C(\C#N)[N+]#[C-])c2cncnc2-1. The fourth-order valence-corrected chi connectivity index (χ4v) is 5.89. The molecule has 0 amide bonds. The quantitative estimate of drug-likeness (QED) is 0.196. The summed E-state index contributed by atoms with van der Waals surface area (Å²) in [6.07, 6.45) is 8.53. The smallest absolute Gasteiger partial charge is 0.244 e. The number of aromatic nitrogens is 6. The first-order valence-electron chi connectivity index (χ1n) is 11.8. The Labute approximate surface area is 236 Å². The van der Waals surface area contributed by atoms with Crippen molar-refractivity contribution in [2.24, 2.45) is 0 Å². The number of benzene rings is 1. The number of nitrogens with zero attached hydrogens (tertiary/aromatic N) is 12. The standard InChI is InChI=1S/C30H6N12/c1-33-16(5-31)18-13-7-37-11-41-28(13)25-22(18)19-14-8-38-10-40-27(14)21(17(6-32)34-2)23(19)26-24(25)20(30(35-3)36-4)15-9-39-12-42-29(15)26/h7-12H/b18-16+,21-17+. The maximum atomic E-state index is 10.1. The van der Waals surface area contributed by atoms with Gasteiger partial charge in [-0.2, -0.15) is 9.69 Å². The Bertz CT molecular complexity index is 2030. The van der Waals surface area contributed by atoms with Crippen molar-refractivity contribution in [3.8, 4) is 45.8 Å². The number of allylic oxidation sites excluding steroid dienone is 2. The first-order chi connectivity index (χ1) is 20.6. The van der Waals surface area contributed by atoms with Gasteiger partial charge in [0.25, 0.3) is 11.4 Å². The van der Waals surface area contributed by atoms with E-state index in [9.17, 15) is 10.5 Å². The first kappa shape index (κ1) is 23.7. The van der Waals surface area contributed by atoms with Gasteiger partial charge in [-0.15, -0.1) is 0 Å². The van der Waals surface area contributed by atoms with Gasteiger partial charge in [-0.05, 0) is 16.7 Å². The zero-order valence-corrected chi connectivity index (χ0v) is 20.8. The van der Waals surface area contributed by atoms with Crippen molar-refractivity contribution < 1.29 is 0 Å². The zero-order valence-electron chi connectivity index (χ0n) is 20.8. The highest BCUT2D eigenvalue weighted by atomic mass is 14.9. The van der Waals surface area contributed by atoms with E-state index in [0.29, 0.717) is 67.2 Å². The van der Waals surface area contributed by atoms with Gasteiger partial charge in [0.05, 0.1) is 47.9 Å². The molecule has 7 rings (SSSR count). The summed E-state index contributed by atoms with van der Waals surface area (Å²) in [5.41, 5.74) is 5.24. The molecule has 0 aliphatic heterocycles. The minimum absolute atomic E-state index is 0.222. The summed E-state index contributed by atoms with van der Waals surface area (Å²) in [6.45, 7) is 31.3. The van der Waals surface area contributed by atoms with E-state index in [1.165, 1.54) is 31.4 Å². The van der Waals surface area contributed by atoms with Crippen molar-refractivity contribution >= 4 is 16.7 Å². The van der Waals surface area contributed by atoms with Crippen LogP contribution in [0, 0.1) is 49.0 Å². The molecule has 12 heteroatoms. The van der Waals surface area contributed by atoms with Crippen LogP contribution in [0.1, 0.15) is 33.5 Å². The monoisotopic (exact) mass is 534 g/mol. The molecular weight excluding hydrogens is 528 g/mol. The summed E-state index contributed by atoms with van der Waals surface area (Å²) in [5.74, 6) is -0.253. The average Bonchev–Trinajstić information content (AvgIpc) is 3.66. The molecule has 186 valence electrons. The Hall–Kier alpha value is -7.38. The average molecular weight is 534 g/mol. The number of rotatable bonds is 0. The summed E-state index contributed by atoms with van der Waals surface area (Å²) >= 11 is 0. The first-order valence-corrected chi connectivity index (χ1v) is 11.8. The Morgan fingerprint density at radius 2 is 0.976 bits per heavy atom. The second-order valence-corrected chi connectivity index (χ2v) is 8.92. The van der Waals surface area contributed by atoms with Gasteiger partial charge in [0.15, 0.2) is 0 Å². The molecular formula is C30H6N12. The molecule has 3 aliphatic rings. The van der Waals surface area contributed by atoms with E-state index >= 15 is 0 Å². The van der Waals surface area contributed by atoms with Gasteiger partial charge in [0.1, 0.15) is 32.1 Å². The van der Waals surface area contributed by atoms with E-state index in [-0.39, 0.29) is 33.9 Å². The predicted octanol–water partition coefficient (Wildman–Crippen LogP) is 4.96. The summed E-state index contributed by atoms with van der Waals surface area (Å²) in [6, 6.07) is 3.96. The molecule has 3 heterocycles. The molecule has 0 radical (unpaired) electrons. The van der Waals surface area contributed by atoms with Crippen LogP contribution in [0.4, 0.5) is 0 Å². The van der Waals surface area contributed by atoms with Gasteiger partial charge in [-0.3, -0.25) is 0 Å². The summed E-state index contributed by atoms with van der Waals surface area (Å²) in [7, 11) is 0. The lowest BCUT2D eigenvalue weighted by atomic mass is 9.84. The third kappa shape index (κ3) is 2.71. The van der Waals surface area contributed by atoms with E-state index < -0.39 is 0 Å². The second-order valence-electron chi connectivity index (χ2n) is 8.92. The molecule has 0 N–H and O–H groups in total. The molecule has 0 atom stereocenters. The molecule has 0 saturated heterocycles. The second kappa shape index (κ2) is 8.57. The topological polar surface area (TPSA) is 142 Å². The minimum atomic E-state index is -0.253. The molecule has 1 aromatic carbocycles. The minimum Gasteiger partial charge on any atom is -0.244 e. The maximum Gasteiger partial charge on any atom is 0.528 e. The van der Waals surface area contributed by atoms with Crippen LogP contribution in [-0.4, -0.2) is 29.9 Å². The van der Waals surface area contributed by atoms with Crippen LogP contribution in [0.25, 0.3) is 69.7 Å². The van der Waals surface area contributed by atoms with Crippen molar-refractivity contribution in [2.45, 2.75) is 0 Å². The third-order valence-electron chi connectivity index (χ3n) is 7.25. The largest absolute Gasteiger partial charge is 0.528 e. The van der Waals surface area contributed by atoms with Crippen LogP contribution in [0.5, 0.6) is 0 Å². The van der Waals surface area contributed by atoms with E-state index in [0.717, 1.165) is 0 Å². The predicted molar refractivity (Wildman–Crippen MR) is 145 cm³/mol. The number of hydrogen-bond donors (Lipinski definition) is 0. The lowest BCUT2D eigenvalue weighted by Gasteiger charge is -2.17. The van der Waals surface area contributed by atoms with Crippen LogP contribution >= 0.6 is 0 Å². The highest BCUT2D eigenvalue weighted by Gasteiger charge is 2.47. The molecule has 0 spiro atoms. The Kier molecular flexibility index (Phi) is 4.84. The van der Waals surface area contributed by atoms with E-state index in [1.54, 1.807) is 6.20 Å². The molecule has 0 bridgehead atoms. The van der Waals surface area contributed by atoms with Gasteiger partial charge in [0.2, 0.25) is 0 Å². The van der Waals surface area contributed by atoms with Gasteiger partial charge < -0.3 is 0 Å². The third-order valence-corrected chi connectivity index (χ3v) is 7.25. The number of hydrogen-bond acceptors (Lipinski definition) is 8. The number of fused-ring (bicyclic) bond motifs is 12. The van der Waals surface area contributed by atoms with Crippen LogP contribution in [0.2, 0.25) is 0 Å². The highest BCUT2D eigenvalue weighted by Crippen LogP contribution is 2.63. The lowest BCUT2D eigenvalue weighted by molar-refractivity contribution is 1.15. The lowest BCUT2D eigenvalue weighted by Crippen LogP contribution is -1.99. The van der Waals surface area contributed by atoms with Crippen LogP contribution in [0.3, 0.4) is 0 Å². The molecule has 0 saturated carbocycles. The van der Waals surface area contributed by atoms with Crippen molar-refractivity contribution in [1.29, 1.82) is 10.5 Å². The fraction of sp³-hybridized carbons (Fsp3) is 0. The van der Waals surface area contributed by atoms with Crippen molar-refractivity contribution in [2.75, 3.05) is 0 Å². The Morgan fingerprint density at radius 3 is 1.50 bits per heavy atom. The van der Waals surface area contributed by atoms with Crippen LogP contribution in [-0.2, 0) is 0 Å². The molecule has 3 aromatic heterocycles. The van der Waals surface area contributed by atoms with Crippen molar-refractivity contribution in [1.82, 2.24) is 29.9 Å². The van der Waals surface area contributed by atoms with Crippen LogP contribution in [0.15, 0.2) is 54.8 Å². The maximum absolute atomic E-state index is 10.1. The zero-order chi connectivity index (χ0) is 29.1. The fourth-order valence-electron chi connectivity index (χ4n) is 5.89. The molecule has 3 aliphatic carbocycles. The van der Waals surface area contributed by atoms with Gasteiger partial charge >= 0.3 is 5.82 Å². The Balaban J connectivity index is 1.88. The molecule has 0 fully saturated rings.